The molecule has 2 saturated heterocycles. The number of piperidine rings is 2. The van der Waals surface area contributed by atoms with E-state index < -0.39 is 0 Å². The third-order valence-electron chi connectivity index (χ3n) is 6.10. The van der Waals surface area contributed by atoms with Gasteiger partial charge in [-0.1, -0.05) is 27.7 Å². The second kappa shape index (κ2) is 10.3. The van der Waals surface area contributed by atoms with Gasteiger partial charge >= 0.3 is 0 Å². The molecule has 0 spiro atoms. The highest BCUT2D eigenvalue weighted by Gasteiger charge is 2.27. The number of nitrogens with one attached hydrogen (secondary N) is 2. The lowest BCUT2D eigenvalue weighted by atomic mass is 10.0. The minimum Gasteiger partial charge on any atom is -0.354 e. The molecule has 172 valence electrons. The van der Waals surface area contributed by atoms with Crippen molar-refractivity contribution in [2.45, 2.75) is 72.4 Å². The van der Waals surface area contributed by atoms with E-state index in [9.17, 15) is 9.59 Å². The molecule has 1 aromatic rings. The first-order chi connectivity index (χ1) is 14.7. The zero-order valence-electron chi connectivity index (χ0n) is 19.6. The maximum absolute atomic E-state index is 12.1. The van der Waals surface area contributed by atoms with Crippen LogP contribution in [0.2, 0.25) is 0 Å². The van der Waals surface area contributed by atoms with Crippen molar-refractivity contribution in [3.8, 4) is 0 Å². The zero-order chi connectivity index (χ0) is 22.5. The fraction of sp³-hybridized carbons (Fsp3) is 0.739. The molecular formula is C23H38N6O2. The van der Waals surface area contributed by atoms with Gasteiger partial charge in [0, 0.05) is 61.9 Å². The molecule has 1 aromatic heterocycles. The van der Waals surface area contributed by atoms with Crippen molar-refractivity contribution < 1.29 is 9.59 Å². The molecule has 0 bridgehead atoms. The van der Waals surface area contributed by atoms with E-state index in [4.69, 9.17) is 4.98 Å². The molecule has 31 heavy (non-hydrogen) atoms. The molecule has 0 saturated carbocycles. The topological polar surface area (TPSA) is 90.5 Å². The predicted molar refractivity (Wildman–Crippen MR) is 123 cm³/mol. The summed E-state index contributed by atoms with van der Waals surface area (Å²) >= 11 is 0. The first-order valence-corrected chi connectivity index (χ1v) is 11.7. The minimum atomic E-state index is -0.0131. The Morgan fingerprint density at radius 2 is 1.45 bits per heavy atom. The van der Waals surface area contributed by atoms with Gasteiger partial charge < -0.3 is 20.4 Å². The van der Waals surface area contributed by atoms with E-state index in [1.807, 2.05) is 40.8 Å². The molecule has 2 atom stereocenters. The summed E-state index contributed by atoms with van der Waals surface area (Å²) in [5, 5.41) is 6.33. The van der Waals surface area contributed by atoms with Crippen LogP contribution in [0.15, 0.2) is 6.20 Å². The number of amides is 2. The molecule has 2 amide bonds. The maximum Gasteiger partial charge on any atom is 0.227 e. The Balaban J connectivity index is 1.69. The highest BCUT2D eigenvalue weighted by Crippen LogP contribution is 2.25. The molecule has 8 nitrogen and oxygen atoms in total. The van der Waals surface area contributed by atoms with Crippen LogP contribution in [0.3, 0.4) is 0 Å². The molecule has 3 rings (SSSR count). The van der Waals surface area contributed by atoms with E-state index in [1.54, 1.807) is 0 Å². The first-order valence-electron chi connectivity index (χ1n) is 11.7. The summed E-state index contributed by atoms with van der Waals surface area (Å²) in [5.74, 6) is 1.85. The molecule has 2 N–H and O–H groups in total. The van der Waals surface area contributed by atoms with Crippen molar-refractivity contribution >= 4 is 23.6 Å². The van der Waals surface area contributed by atoms with Crippen LogP contribution in [0, 0.1) is 18.8 Å². The molecule has 2 aliphatic heterocycles. The van der Waals surface area contributed by atoms with Gasteiger partial charge in [-0.3, -0.25) is 9.59 Å². The highest BCUT2D eigenvalue weighted by atomic mass is 16.2. The highest BCUT2D eigenvalue weighted by molar-refractivity contribution is 5.78. The van der Waals surface area contributed by atoms with E-state index in [0.717, 1.165) is 69.2 Å². The van der Waals surface area contributed by atoms with Crippen LogP contribution in [0.1, 0.15) is 58.9 Å². The quantitative estimate of drug-likeness (QED) is 0.720. The molecule has 0 aromatic carbocycles. The third-order valence-corrected chi connectivity index (χ3v) is 6.10. The largest absolute Gasteiger partial charge is 0.354 e. The summed E-state index contributed by atoms with van der Waals surface area (Å²) in [4.78, 5) is 38.2. The lowest BCUT2D eigenvalue weighted by molar-refractivity contribution is -0.125. The van der Waals surface area contributed by atoms with E-state index >= 15 is 0 Å². The van der Waals surface area contributed by atoms with Crippen LogP contribution in [0.4, 0.5) is 11.8 Å². The standard InChI is InChI=1S/C23H38N6O2/c1-15(2)21(30)25-18-8-6-10-28(13-18)20-17(5)12-24-23(27-20)29-11-7-9-19(14-29)26-22(31)16(3)4/h12,15-16,18-19H,6-11,13-14H2,1-5H3,(H,25,30)(H,26,31). The van der Waals surface area contributed by atoms with Crippen molar-refractivity contribution in [2.75, 3.05) is 36.0 Å². The second-order valence-corrected chi connectivity index (χ2v) is 9.57. The Morgan fingerprint density at radius 3 is 2.00 bits per heavy atom. The van der Waals surface area contributed by atoms with Gasteiger partial charge in [0.05, 0.1) is 0 Å². The lowest BCUT2D eigenvalue weighted by Crippen LogP contribution is -2.50. The molecule has 3 heterocycles. The smallest absolute Gasteiger partial charge is 0.227 e. The van der Waals surface area contributed by atoms with Crippen molar-refractivity contribution in [3.05, 3.63) is 11.8 Å². The Morgan fingerprint density at radius 1 is 0.935 bits per heavy atom. The van der Waals surface area contributed by atoms with Gasteiger partial charge in [-0.15, -0.1) is 0 Å². The number of aryl methyl sites for hydroxylation is 1. The molecular weight excluding hydrogens is 392 g/mol. The minimum absolute atomic E-state index is 0.00833. The van der Waals surface area contributed by atoms with Gasteiger partial charge in [-0.05, 0) is 32.6 Å². The number of carbonyl (C=O) groups is 2. The van der Waals surface area contributed by atoms with Crippen LogP contribution >= 0.6 is 0 Å². The predicted octanol–water partition coefficient (Wildman–Crippen LogP) is 2.27. The van der Waals surface area contributed by atoms with Gasteiger partial charge in [-0.2, -0.15) is 4.98 Å². The monoisotopic (exact) mass is 430 g/mol. The lowest BCUT2D eigenvalue weighted by Gasteiger charge is -2.36. The molecule has 0 aliphatic carbocycles. The van der Waals surface area contributed by atoms with Crippen LogP contribution in [0.5, 0.6) is 0 Å². The fourth-order valence-corrected chi connectivity index (χ4v) is 4.20. The van der Waals surface area contributed by atoms with E-state index in [1.165, 1.54) is 0 Å². The Labute approximate surface area is 186 Å². The van der Waals surface area contributed by atoms with Crippen molar-refractivity contribution in [1.29, 1.82) is 0 Å². The second-order valence-electron chi connectivity index (χ2n) is 9.57. The van der Waals surface area contributed by atoms with Gasteiger partial charge in [0.25, 0.3) is 0 Å². The normalized spacial score (nSPS) is 22.0. The number of carbonyl (C=O) groups excluding carboxylic acids is 2. The summed E-state index contributed by atoms with van der Waals surface area (Å²) in [6, 6.07) is 0.273. The van der Waals surface area contributed by atoms with Crippen LogP contribution < -0.4 is 20.4 Å². The van der Waals surface area contributed by atoms with E-state index in [2.05, 4.69) is 25.4 Å². The number of aromatic nitrogens is 2. The van der Waals surface area contributed by atoms with E-state index in [-0.39, 0.29) is 35.7 Å². The van der Waals surface area contributed by atoms with Gasteiger partial charge in [0.2, 0.25) is 17.8 Å². The Bertz CT molecular complexity index is 781. The zero-order valence-corrected chi connectivity index (χ0v) is 19.6. The fourth-order valence-electron chi connectivity index (χ4n) is 4.20. The van der Waals surface area contributed by atoms with Crippen molar-refractivity contribution in [3.63, 3.8) is 0 Å². The summed E-state index contributed by atoms with van der Waals surface area (Å²) < 4.78 is 0. The van der Waals surface area contributed by atoms with Crippen molar-refractivity contribution in [2.24, 2.45) is 11.8 Å². The summed E-state index contributed by atoms with van der Waals surface area (Å²) in [5.41, 5.74) is 1.04. The Hall–Kier alpha value is -2.38. The molecule has 2 unspecified atom stereocenters. The maximum atomic E-state index is 12.1. The van der Waals surface area contributed by atoms with Gasteiger partial charge in [0.15, 0.2) is 0 Å². The molecule has 2 fully saturated rings. The average molecular weight is 431 g/mol. The number of hydrogen-bond donors (Lipinski definition) is 2. The van der Waals surface area contributed by atoms with Crippen LogP contribution in [-0.2, 0) is 9.59 Å². The summed E-state index contributed by atoms with van der Waals surface area (Å²) in [7, 11) is 0. The third kappa shape index (κ3) is 6.08. The Kier molecular flexibility index (Phi) is 7.73. The molecule has 8 heteroatoms. The first kappa shape index (κ1) is 23.3. The number of nitrogens with zero attached hydrogens (tertiary/aromatic N) is 4. The summed E-state index contributed by atoms with van der Waals surface area (Å²) in [6.07, 6.45) is 5.90. The van der Waals surface area contributed by atoms with Crippen LogP contribution in [-0.4, -0.2) is 60.0 Å². The number of hydrogen-bond acceptors (Lipinski definition) is 6. The SMILES string of the molecule is Cc1cnc(N2CCCC(NC(=O)C(C)C)C2)nc1N1CCCC(NC(=O)C(C)C)C1. The molecule has 2 aliphatic rings. The van der Waals surface area contributed by atoms with Gasteiger partial charge in [-0.25, -0.2) is 4.98 Å². The molecule has 0 radical (unpaired) electrons. The van der Waals surface area contributed by atoms with Crippen molar-refractivity contribution in [1.82, 2.24) is 20.6 Å². The average Bonchev–Trinajstić information content (AvgIpc) is 2.74. The van der Waals surface area contributed by atoms with Crippen LogP contribution in [0.25, 0.3) is 0 Å². The number of rotatable bonds is 6. The number of anilines is 2. The summed E-state index contributed by atoms with van der Waals surface area (Å²) in [6.45, 7) is 13.0. The van der Waals surface area contributed by atoms with Gasteiger partial charge in [0.1, 0.15) is 5.82 Å². The van der Waals surface area contributed by atoms with E-state index in [0.29, 0.717) is 0 Å².